The lowest BCUT2D eigenvalue weighted by atomic mass is 10.1. The number of esters is 1. The first-order chi connectivity index (χ1) is 15.0. The lowest BCUT2D eigenvalue weighted by molar-refractivity contribution is -0.137. The van der Waals surface area contributed by atoms with Crippen molar-refractivity contribution in [1.82, 2.24) is 15.1 Å². The number of aromatic amines is 1. The molecule has 31 heavy (non-hydrogen) atoms. The topological polar surface area (TPSA) is 109 Å². The number of ether oxygens (including phenoxy) is 1. The average molecular weight is 423 g/mol. The van der Waals surface area contributed by atoms with Crippen LogP contribution in [0.15, 0.2) is 53.3 Å². The van der Waals surface area contributed by atoms with Crippen molar-refractivity contribution in [2.75, 3.05) is 6.54 Å². The third-order valence-corrected chi connectivity index (χ3v) is 5.11. The van der Waals surface area contributed by atoms with Crippen LogP contribution in [0.5, 0.6) is 0 Å². The van der Waals surface area contributed by atoms with Crippen molar-refractivity contribution in [3.05, 3.63) is 76.0 Å². The molecule has 1 atom stereocenters. The molecule has 0 saturated carbocycles. The summed E-state index contributed by atoms with van der Waals surface area (Å²) in [5, 5.41) is 6.61. The fourth-order valence-corrected chi connectivity index (χ4v) is 3.52. The van der Waals surface area contributed by atoms with Crippen LogP contribution in [0.25, 0.3) is 10.8 Å². The molecule has 0 radical (unpaired) electrons. The zero-order chi connectivity index (χ0) is 22.0. The van der Waals surface area contributed by atoms with Crippen LogP contribution in [-0.4, -0.2) is 45.5 Å². The molecule has 4 rings (SSSR count). The van der Waals surface area contributed by atoms with E-state index in [4.69, 9.17) is 4.74 Å². The molecule has 1 fully saturated rings. The highest BCUT2D eigenvalue weighted by Crippen LogP contribution is 2.20. The number of H-pyrrole nitrogens is 1. The molecule has 1 saturated heterocycles. The number of halogens is 1. The number of amides is 2. The second-order valence-corrected chi connectivity index (χ2v) is 7.14. The second-order valence-electron chi connectivity index (χ2n) is 7.14. The van der Waals surface area contributed by atoms with E-state index in [0.717, 1.165) is 17.0 Å². The first-order valence-corrected chi connectivity index (χ1v) is 9.75. The first-order valence-electron chi connectivity index (χ1n) is 9.75. The number of hydrogen-bond donors (Lipinski definition) is 1. The summed E-state index contributed by atoms with van der Waals surface area (Å²) in [5.74, 6) is -2.59. The number of likely N-dealkylation sites (tertiary alicyclic amines) is 1. The highest BCUT2D eigenvalue weighted by molar-refractivity contribution is 6.07. The lowest BCUT2D eigenvalue weighted by Crippen LogP contribution is -2.43. The predicted molar refractivity (Wildman–Crippen MR) is 108 cm³/mol. The van der Waals surface area contributed by atoms with E-state index >= 15 is 0 Å². The van der Waals surface area contributed by atoms with E-state index < -0.39 is 35.3 Å². The van der Waals surface area contributed by atoms with Crippen molar-refractivity contribution in [2.45, 2.75) is 25.4 Å². The van der Waals surface area contributed by atoms with E-state index in [1.807, 2.05) is 0 Å². The van der Waals surface area contributed by atoms with Crippen LogP contribution in [0.3, 0.4) is 0 Å². The van der Waals surface area contributed by atoms with Crippen LogP contribution in [0.4, 0.5) is 4.39 Å². The number of nitrogens with one attached hydrogen (secondary N) is 1. The predicted octanol–water partition coefficient (Wildman–Crippen LogP) is 2.44. The van der Waals surface area contributed by atoms with Gasteiger partial charge < -0.3 is 4.74 Å². The van der Waals surface area contributed by atoms with Gasteiger partial charge in [-0.2, -0.15) is 5.10 Å². The van der Waals surface area contributed by atoms with Crippen LogP contribution >= 0.6 is 0 Å². The van der Waals surface area contributed by atoms with Crippen LogP contribution in [0.2, 0.25) is 0 Å². The second kappa shape index (κ2) is 8.47. The minimum atomic E-state index is -1.17. The van der Waals surface area contributed by atoms with Gasteiger partial charge in [0.15, 0.2) is 11.8 Å². The highest BCUT2D eigenvalue weighted by atomic mass is 19.1. The van der Waals surface area contributed by atoms with E-state index in [1.165, 1.54) is 12.1 Å². The van der Waals surface area contributed by atoms with E-state index in [-0.39, 0.29) is 29.6 Å². The summed E-state index contributed by atoms with van der Waals surface area (Å²) in [5.41, 5.74) is -0.410. The van der Waals surface area contributed by atoms with Crippen LogP contribution in [0, 0.1) is 5.82 Å². The zero-order valence-corrected chi connectivity index (χ0v) is 16.3. The Labute approximate surface area is 175 Å². The molecule has 0 unspecified atom stereocenters. The van der Waals surface area contributed by atoms with E-state index in [1.54, 1.807) is 24.3 Å². The third-order valence-electron chi connectivity index (χ3n) is 5.11. The normalized spacial score (nSPS) is 16.7. The van der Waals surface area contributed by atoms with Crippen molar-refractivity contribution in [1.29, 1.82) is 0 Å². The molecule has 0 aliphatic carbocycles. The van der Waals surface area contributed by atoms with Crippen molar-refractivity contribution < 1.29 is 23.5 Å². The Bertz CT molecular complexity index is 1220. The Kier molecular flexibility index (Phi) is 5.57. The number of nitrogens with zero attached hydrogens (tertiary/aromatic N) is 2. The Balaban J connectivity index is 1.58. The average Bonchev–Trinajstić information content (AvgIpc) is 2.95. The molecule has 8 nitrogen and oxygen atoms in total. The summed E-state index contributed by atoms with van der Waals surface area (Å²) in [7, 11) is 0. The zero-order valence-electron chi connectivity index (χ0n) is 16.3. The number of aromatic nitrogens is 2. The summed E-state index contributed by atoms with van der Waals surface area (Å²) in [6, 6.07) is 11.3. The van der Waals surface area contributed by atoms with E-state index in [0.29, 0.717) is 18.2 Å². The van der Waals surface area contributed by atoms with Crippen LogP contribution in [0.1, 0.15) is 40.1 Å². The molecule has 2 heterocycles. The smallest absolute Gasteiger partial charge is 0.360 e. The van der Waals surface area contributed by atoms with Gasteiger partial charge in [-0.15, -0.1) is 0 Å². The monoisotopic (exact) mass is 423 g/mol. The number of imide groups is 1. The fraction of sp³-hybridized carbons (Fsp3) is 0.227. The van der Waals surface area contributed by atoms with Gasteiger partial charge in [-0.3, -0.25) is 19.3 Å². The summed E-state index contributed by atoms with van der Waals surface area (Å²) < 4.78 is 18.6. The molecule has 0 spiro atoms. The highest BCUT2D eigenvalue weighted by Gasteiger charge is 2.34. The maximum atomic E-state index is 13.2. The third kappa shape index (κ3) is 4.07. The SMILES string of the molecule is O=C(O[C@H]1CCCCN(C(=O)c2ccc(F)cc2)C1=O)c1n[nH]c(=O)c2ccccc12. The van der Waals surface area contributed by atoms with Crippen LogP contribution < -0.4 is 5.56 Å². The minimum absolute atomic E-state index is 0.122. The van der Waals surface area contributed by atoms with Gasteiger partial charge in [-0.25, -0.2) is 14.3 Å². The van der Waals surface area contributed by atoms with Gasteiger partial charge in [0, 0.05) is 17.5 Å². The molecule has 1 aliphatic heterocycles. The molecule has 158 valence electrons. The van der Waals surface area contributed by atoms with Crippen molar-refractivity contribution in [3.8, 4) is 0 Å². The number of hydrogen-bond acceptors (Lipinski definition) is 6. The Hall–Kier alpha value is -3.88. The Morgan fingerprint density at radius 2 is 1.74 bits per heavy atom. The molecular weight excluding hydrogens is 405 g/mol. The summed E-state index contributed by atoms with van der Waals surface area (Å²) in [6.07, 6.45) is 0.189. The molecule has 0 bridgehead atoms. The number of fused-ring (bicyclic) bond motifs is 1. The Morgan fingerprint density at radius 3 is 2.48 bits per heavy atom. The first kappa shape index (κ1) is 20.4. The molecule has 1 aromatic heterocycles. The maximum Gasteiger partial charge on any atom is 0.360 e. The standard InChI is InChI=1S/C22H18FN3O5/c23-14-10-8-13(9-11-14)20(28)26-12-4-3-7-17(21(26)29)31-22(30)18-15-5-1-2-6-16(15)19(27)25-24-18/h1-2,5-6,8-11,17H,3-4,7,12H2,(H,25,27)/t17-/m0/s1. The number of rotatable bonds is 3. The van der Waals surface area contributed by atoms with Crippen molar-refractivity contribution >= 4 is 28.6 Å². The van der Waals surface area contributed by atoms with E-state index in [9.17, 15) is 23.6 Å². The summed E-state index contributed by atoms with van der Waals surface area (Å²) >= 11 is 0. The largest absolute Gasteiger partial charge is 0.447 e. The molecule has 2 amide bonds. The number of carbonyl (C=O) groups excluding carboxylic acids is 3. The molecule has 1 N–H and O–H groups in total. The number of benzene rings is 2. The fourth-order valence-electron chi connectivity index (χ4n) is 3.52. The Morgan fingerprint density at radius 1 is 1.03 bits per heavy atom. The quantitative estimate of drug-likeness (QED) is 0.512. The van der Waals surface area contributed by atoms with Gasteiger partial charge in [0.1, 0.15) is 5.82 Å². The number of carbonyl (C=O) groups is 3. The van der Waals surface area contributed by atoms with Gasteiger partial charge in [0.05, 0.1) is 5.39 Å². The summed E-state index contributed by atoms with van der Waals surface area (Å²) in [4.78, 5) is 51.5. The van der Waals surface area contributed by atoms with Crippen molar-refractivity contribution in [2.24, 2.45) is 0 Å². The molecular formula is C22H18FN3O5. The minimum Gasteiger partial charge on any atom is -0.447 e. The van der Waals surface area contributed by atoms with Gasteiger partial charge in [-0.05, 0) is 49.6 Å². The van der Waals surface area contributed by atoms with Gasteiger partial charge in [0.25, 0.3) is 17.4 Å². The molecule has 3 aromatic rings. The summed E-state index contributed by atoms with van der Waals surface area (Å²) in [6.45, 7) is 0.170. The van der Waals surface area contributed by atoms with Gasteiger partial charge >= 0.3 is 5.97 Å². The molecule has 1 aliphatic rings. The van der Waals surface area contributed by atoms with Gasteiger partial charge in [0.2, 0.25) is 0 Å². The molecule has 2 aromatic carbocycles. The lowest BCUT2D eigenvalue weighted by Gasteiger charge is -2.22. The van der Waals surface area contributed by atoms with Gasteiger partial charge in [-0.1, -0.05) is 18.2 Å². The molecule has 9 heteroatoms. The maximum absolute atomic E-state index is 13.2. The van der Waals surface area contributed by atoms with Crippen molar-refractivity contribution in [3.63, 3.8) is 0 Å². The van der Waals surface area contributed by atoms with Crippen LogP contribution in [-0.2, 0) is 9.53 Å². The van der Waals surface area contributed by atoms with E-state index in [2.05, 4.69) is 10.2 Å².